The summed E-state index contributed by atoms with van der Waals surface area (Å²) in [5.41, 5.74) is 1.59. The Bertz CT molecular complexity index is 636. The Kier molecular flexibility index (Phi) is 4.66. The second kappa shape index (κ2) is 6.65. The van der Waals surface area contributed by atoms with Gasteiger partial charge >= 0.3 is 5.97 Å². The highest BCUT2D eigenvalue weighted by Crippen LogP contribution is 2.26. The summed E-state index contributed by atoms with van der Waals surface area (Å²) in [6, 6.07) is 12.0. The van der Waals surface area contributed by atoms with Gasteiger partial charge in [-0.25, -0.2) is 4.79 Å². The Hall–Kier alpha value is -2.69. The van der Waals surface area contributed by atoms with Crippen LogP contribution in [0.1, 0.15) is 11.1 Å². The first kappa shape index (κ1) is 14.7. The lowest BCUT2D eigenvalue weighted by atomic mass is 10.1. The van der Waals surface area contributed by atoms with E-state index in [1.165, 1.54) is 6.07 Å². The molecule has 0 heterocycles. The molecule has 0 aromatic heterocycles. The molecule has 0 saturated heterocycles. The molecule has 0 spiro atoms. The Labute approximate surface area is 122 Å². The molecule has 0 unspecified atom stereocenters. The van der Waals surface area contributed by atoms with Crippen molar-refractivity contribution in [3.05, 3.63) is 53.6 Å². The summed E-state index contributed by atoms with van der Waals surface area (Å²) in [5, 5.41) is 18.1. The van der Waals surface area contributed by atoms with Crippen LogP contribution < -0.4 is 9.47 Å². The van der Waals surface area contributed by atoms with E-state index in [0.717, 1.165) is 11.1 Å². The number of aryl methyl sites for hydroxylation is 1. The molecule has 5 heteroatoms. The minimum Gasteiger partial charge on any atom is -0.508 e. The van der Waals surface area contributed by atoms with E-state index in [1.54, 1.807) is 18.2 Å². The van der Waals surface area contributed by atoms with Crippen LogP contribution in [0, 0.1) is 6.92 Å². The summed E-state index contributed by atoms with van der Waals surface area (Å²) in [4.78, 5) is 10.6. The average Bonchev–Trinajstić information content (AvgIpc) is 2.44. The highest BCUT2D eigenvalue weighted by Gasteiger charge is 2.10. The Morgan fingerprint density at radius 2 is 1.90 bits per heavy atom. The maximum atomic E-state index is 10.6. The van der Waals surface area contributed by atoms with Crippen LogP contribution in [0.5, 0.6) is 17.2 Å². The Morgan fingerprint density at radius 3 is 2.62 bits per heavy atom. The van der Waals surface area contributed by atoms with Gasteiger partial charge in [0.15, 0.2) is 6.61 Å². The van der Waals surface area contributed by atoms with Crippen molar-refractivity contribution in [1.29, 1.82) is 0 Å². The molecule has 110 valence electrons. The first-order chi connectivity index (χ1) is 10.1. The van der Waals surface area contributed by atoms with Gasteiger partial charge in [0, 0.05) is 11.6 Å². The molecule has 2 aromatic rings. The normalized spacial score (nSPS) is 10.1. The number of hydrogen-bond donors (Lipinski definition) is 2. The van der Waals surface area contributed by atoms with E-state index >= 15 is 0 Å². The van der Waals surface area contributed by atoms with Gasteiger partial charge in [-0.15, -0.1) is 0 Å². The summed E-state index contributed by atoms with van der Waals surface area (Å²) in [7, 11) is 0. The molecular formula is C16H16O5. The van der Waals surface area contributed by atoms with Crippen LogP contribution in [0.2, 0.25) is 0 Å². The van der Waals surface area contributed by atoms with Crippen molar-refractivity contribution in [2.45, 2.75) is 13.5 Å². The standard InChI is InChI=1S/C16H16O5/c1-11-4-2-5-12(16(11)21-10-15(18)19)9-20-14-7-3-6-13(17)8-14/h2-8,17H,9-10H2,1H3,(H,18,19). The molecule has 0 aliphatic heterocycles. The number of aromatic hydroxyl groups is 1. The van der Waals surface area contributed by atoms with Gasteiger partial charge in [0.25, 0.3) is 0 Å². The third-order valence-electron chi connectivity index (χ3n) is 2.85. The number of phenols is 1. The van der Waals surface area contributed by atoms with E-state index in [-0.39, 0.29) is 12.4 Å². The average molecular weight is 288 g/mol. The number of aliphatic carboxylic acids is 1. The van der Waals surface area contributed by atoms with Crippen molar-refractivity contribution < 1.29 is 24.5 Å². The maximum absolute atomic E-state index is 10.6. The minimum atomic E-state index is -1.03. The zero-order chi connectivity index (χ0) is 15.2. The Balaban J connectivity index is 2.12. The van der Waals surface area contributed by atoms with Crippen LogP contribution in [0.4, 0.5) is 0 Å². The first-order valence-corrected chi connectivity index (χ1v) is 6.41. The molecular weight excluding hydrogens is 272 g/mol. The monoisotopic (exact) mass is 288 g/mol. The lowest BCUT2D eigenvalue weighted by Crippen LogP contribution is -2.12. The van der Waals surface area contributed by atoms with Crippen LogP contribution in [0.15, 0.2) is 42.5 Å². The van der Waals surface area contributed by atoms with Crippen LogP contribution in [0.3, 0.4) is 0 Å². The zero-order valence-electron chi connectivity index (χ0n) is 11.6. The number of carbonyl (C=O) groups is 1. The highest BCUT2D eigenvalue weighted by atomic mass is 16.5. The predicted molar refractivity (Wildman–Crippen MR) is 76.7 cm³/mol. The van der Waals surface area contributed by atoms with Crippen molar-refractivity contribution in [3.63, 3.8) is 0 Å². The molecule has 0 atom stereocenters. The van der Waals surface area contributed by atoms with Crippen molar-refractivity contribution in [2.75, 3.05) is 6.61 Å². The van der Waals surface area contributed by atoms with Crippen LogP contribution in [-0.2, 0) is 11.4 Å². The third-order valence-corrected chi connectivity index (χ3v) is 2.85. The number of hydrogen-bond acceptors (Lipinski definition) is 4. The van der Waals surface area contributed by atoms with Gasteiger partial charge in [-0.2, -0.15) is 0 Å². The fraction of sp³-hybridized carbons (Fsp3) is 0.188. The van der Waals surface area contributed by atoms with Crippen molar-refractivity contribution >= 4 is 5.97 Å². The molecule has 0 aliphatic rings. The smallest absolute Gasteiger partial charge is 0.341 e. The molecule has 0 bridgehead atoms. The molecule has 0 amide bonds. The van der Waals surface area contributed by atoms with Crippen molar-refractivity contribution in [1.82, 2.24) is 0 Å². The van der Waals surface area contributed by atoms with E-state index in [1.807, 2.05) is 25.1 Å². The van der Waals surface area contributed by atoms with Crippen LogP contribution in [0.25, 0.3) is 0 Å². The van der Waals surface area contributed by atoms with Gasteiger partial charge in [-0.3, -0.25) is 0 Å². The summed E-state index contributed by atoms with van der Waals surface area (Å²) >= 11 is 0. The van der Waals surface area contributed by atoms with E-state index in [2.05, 4.69) is 0 Å². The van der Waals surface area contributed by atoms with Gasteiger partial charge in [0.2, 0.25) is 0 Å². The molecule has 2 N–H and O–H groups in total. The van der Waals surface area contributed by atoms with E-state index in [9.17, 15) is 9.90 Å². The predicted octanol–water partition coefficient (Wildman–Crippen LogP) is 2.74. The van der Waals surface area contributed by atoms with E-state index in [0.29, 0.717) is 11.5 Å². The molecule has 0 fully saturated rings. The lowest BCUT2D eigenvalue weighted by molar-refractivity contribution is -0.139. The molecule has 5 nitrogen and oxygen atoms in total. The minimum absolute atomic E-state index is 0.124. The lowest BCUT2D eigenvalue weighted by Gasteiger charge is -2.13. The van der Waals surface area contributed by atoms with Crippen LogP contribution >= 0.6 is 0 Å². The number of carboxylic acid groups (broad SMARTS) is 1. The van der Waals surface area contributed by atoms with Gasteiger partial charge in [0.05, 0.1) is 0 Å². The molecule has 2 rings (SSSR count). The number of benzene rings is 2. The number of phenolic OH excluding ortho intramolecular Hbond substituents is 1. The third kappa shape index (κ3) is 4.14. The zero-order valence-corrected chi connectivity index (χ0v) is 11.6. The summed E-state index contributed by atoms with van der Waals surface area (Å²) in [6.07, 6.45) is 0. The van der Waals surface area contributed by atoms with Gasteiger partial charge < -0.3 is 19.7 Å². The van der Waals surface area contributed by atoms with Gasteiger partial charge in [-0.05, 0) is 24.6 Å². The highest BCUT2D eigenvalue weighted by molar-refractivity contribution is 5.68. The summed E-state index contributed by atoms with van der Waals surface area (Å²) in [6.45, 7) is 1.67. The molecule has 0 radical (unpaired) electrons. The second-order valence-corrected chi connectivity index (χ2v) is 4.53. The quantitative estimate of drug-likeness (QED) is 0.854. The van der Waals surface area contributed by atoms with E-state index < -0.39 is 12.6 Å². The number of para-hydroxylation sites is 1. The van der Waals surface area contributed by atoms with Crippen molar-refractivity contribution in [3.8, 4) is 17.2 Å². The molecule has 0 saturated carbocycles. The van der Waals surface area contributed by atoms with Gasteiger partial charge in [-0.1, -0.05) is 24.3 Å². The molecule has 21 heavy (non-hydrogen) atoms. The van der Waals surface area contributed by atoms with Crippen molar-refractivity contribution in [2.24, 2.45) is 0 Å². The number of rotatable bonds is 6. The second-order valence-electron chi connectivity index (χ2n) is 4.53. The van der Waals surface area contributed by atoms with Gasteiger partial charge in [0.1, 0.15) is 23.9 Å². The largest absolute Gasteiger partial charge is 0.508 e. The number of carboxylic acids is 1. The Morgan fingerprint density at radius 1 is 1.14 bits per heavy atom. The molecule has 2 aromatic carbocycles. The number of ether oxygens (including phenoxy) is 2. The fourth-order valence-electron chi connectivity index (χ4n) is 1.90. The topological polar surface area (TPSA) is 76.0 Å². The summed E-state index contributed by atoms with van der Waals surface area (Å²) < 4.78 is 10.9. The van der Waals surface area contributed by atoms with E-state index in [4.69, 9.17) is 14.6 Å². The maximum Gasteiger partial charge on any atom is 0.341 e. The first-order valence-electron chi connectivity index (χ1n) is 6.41. The summed E-state index contributed by atoms with van der Waals surface area (Å²) in [5.74, 6) is 0.137. The SMILES string of the molecule is Cc1cccc(COc2cccc(O)c2)c1OCC(=O)O. The molecule has 0 aliphatic carbocycles. The fourth-order valence-corrected chi connectivity index (χ4v) is 1.90. The van der Waals surface area contributed by atoms with Crippen LogP contribution in [-0.4, -0.2) is 22.8 Å².